The number of nitrogens with zero attached hydrogens (tertiary/aromatic N) is 2. The van der Waals surface area contributed by atoms with E-state index in [4.69, 9.17) is 5.73 Å². The van der Waals surface area contributed by atoms with Crippen LogP contribution in [0, 0.1) is 0 Å². The van der Waals surface area contributed by atoms with Crippen molar-refractivity contribution < 1.29 is 4.79 Å². The van der Waals surface area contributed by atoms with Crippen LogP contribution < -0.4 is 11.1 Å². The Kier molecular flexibility index (Phi) is 10.6. The van der Waals surface area contributed by atoms with Crippen LogP contribution in [0.15, 0.2) is 0 Å². The number of hydrogen-bond donors (Lipinski definition) is 2. The maximum atomic E-state index is 12.1. The topological polar surface area (TPSA) is 61.6 Å². The molecule has 1 unspecified atom stereocenters. The molecule has 0 aromatic carbocycles. The van der Waals surface area contributed by atoms with E-state index < -0.39 is 0 Å². The van der Waals surface area contributed by atoms with Crippen LogP contribution >= 0.6 is 24.8 Å². The molecule has 5 nitrogen and oxygen atoms in total. The maximum absolute atomic E-state index is 12.1. The van der Waals surface area contributed by atoms with E-state index in [2.05, 4.69) is 10.2 Å². The molecule has 1 atom stereocenters. The summed E-state index contributed by atoms with van der Waals surface area (Å²) in [7, 11) is 0. The average Bonchev–Trinajstić information content (AvgIpc) is 2.46. The van der Waals surface area contributed by atoms with Gasteiger partial charge in [-0.15, -0.1) is 24.8 Å². The van der Waals surface area contributed by atoms with Crippen molar-refractivity contribution in [2.45, 2.75) is 31.7 Å². The van der Waals surface area contributed by atoms with Crippen LogP contribution in [0.3, 0.4) is 0 Å². The number of amides is 1. The van der Waals surface area contributed by atoms with Crippen molar-refractivity contribution in [3.8, 4) is 0 Å². The van der Waals surface area contributed by atoms with Crippen LogP contribution in [-0.4, -0.2) is 67.6 Å². The van der Waals surface area contributed by atoms with Gasteiger partial charge in [0.05, 0.1) is 0 Å². The lowest BCUT2D eigenvalue weighted by molar-refractivity contribution is -0.132. The average molecular weight is 327 g/mol. The first-order valence-corrected chi connectivity index (χ1v) is 7.24. The van der Waals surface area contributed by atoms with Crippen LogP contribution in [0.1, 0.15) is 25.7 Å². The Balaban J connectivity index is 0.00000180. The van der Waals surface area contributed by atoms with Gasteiger partial charge in [0.1, 0.15) is 0 Å². The van der Waals surface area contributed by atoms with Gasteiger partial charge in [-0.2, -0.15) is 0 Å². The molecule has 7 heteroatoms. The summed E-state index contributed by atoms with van der Waals surface area (Å²) in [5.41, 5.74) is 5.80. The Morgan fingerprint density at radius 2 is 1.85 bits per heavy atom. The highest BCUT2D eigenvalue weighted by Crippen LogP contribution is 2.16. The number of hydrogen-bond acceptors (Lipinski definition) is 4. The Morgan fingerprint density at radius 3 is 2.50 bits per heavy atom. The first-order valence-electron chi connectivity index (χ1n) is 7.24. The molecule has 2 rings (SSSR count). The lowest BCUT2D eigenvalue weighted by atomic mass is 10.0. The van der Waals surface area contributed by atoms with Crippen molar-refractivity contribution in [3.63, 3.8) is 0 Å². The molecule has 2 aliphatic heterocycles. The van der Waals surface area contributed by atoms with E-state index in [0.717, 1.165) is 45.8 Å². The molecule has 0 radical (unpaired) electrons. The zero-order chi connectivity index (χ0) is 12.8. The number of likely N-dealkylation sites (tertiary alicyclic amines) is 1. The molecular formula is C13H28Cl2N4O. The summed E-state index contributed by atoms with van der Waals surface area (Å²) < 4.78 is 0. The van der Waals surface area contributed by atoms with Gasteiger partial charge in [0, 0.05) is 51.7 Å². The summed E-state index contributed by atoms with van der Waals surface area (Å²) in [4.78, 5) is 16.5. The Hall–Kier alpha value is -0.0700. The molecule has 2 fully saturated rings. The number of halogens is 2. The molecule has 0 aliphatic carbocycles. The molecule has 2 saturated heterocycles. The molecule has 0 saturated carbocycles. The quantitative estimate of drug-likeness (QED) is 0.788. The van der Waals surface area contributed by atoms with Crippen molar-refractivity contribution in [2.24, 2.45) is 5.73 Å². The fraction of sp³-hybridized carbons (Fsp3) is 0.923. The van der Waals surface area contributed by atoms with Gasteiger partial charge in [-0.3, -0.25) is 9.69 Å². The molecular weight excluding hydrogens is 299 g/mol. The van der Waals surface area contributed by atoms with Crippen LogP contribution in [0.5, 0.6) is 0 Å². The van der Waals surface area contributed by atoms with Gasteiger partial charge < -0.3 is 16.0 Å². The maximum Gasteiger partial charge on any atom is 0.223 e. The second-order valence-electron chi connectivity index (χ2n) is 5.30. The van der Waals surface area contributed by atoms with Crippen LogP contribution in [0.25, 0.3) is 0 Å². The normalized spacial score (nSPS) is 23.6. The second kappa shape index (κ2) is 10.6. The zero-order valence-corrected chi connectivity index (χ0v) is 13.7. The molecule has 20 heavy (non-hydrogen) atoms. The van der Waals surface area contributed by atoms with Crippen molar-refractivity contribution in [1.29, 1.82) is 0 Å². The summed E-state index contributed by atoms with van der Waals surface area (Å²) in [5.74, 6) is 0.304. The molecule has 3 N–H and O–H groups in total. The van der Waals surface area contributed by atoms with Crippen LogP contribution in [0.2, 0.25) is 0 Å². The second-order valence-corrected chi connectivity index (χ2v) is 5.30. The molecule has 2 aliphatic rings. The minimum Gasteiger partial charge on any atom is -0.340 e. The minimum absolute atomic E-state index is 0. The number of piperidine rings is 1. The molecule has 0 spiro atoms. The van der Waals surface area contributed by atoms with Gasteiger partial charge in [0.25, 0.3) is 0 Å². The number of nitrogens with one attached hydrogen (secondary N) is 1. The predicted octanol–water partition coefficient (Wildman–Crippen LogP) is 0.465. The molecule has 0 aromatic rings. The van der Waals surface area contributed by atoms with E-state index in [0.29, 0.717) is 18.4 Å². The van der Waals surface area contributed by atoms with E-state index in [1.165, 1.54) is 19.3 Å². The van der Waals surface area contributed by atoms with E-state index in [9.17, 15) is 4.79 Å². The third-order valence-corrected chi connectivity index (χ3v) is 4.10. The number of rotatable bonds is 4. The number of carbonyl (C=O) groups excluding carboxylic acids is 1. The van der Waals surface area contributed by atoms with Gasteiger partial charge in [0.15, 0.2) is 0 Å². The number of carbonyl (C=O) groups is 1. The Bertz CT molecular complexity index is 275. The molecule has 120 valence electrons. The third kappa shape index (κ3) is 5.74. The Labute approximate surface area is 134 Å². The van der Waals surface area contributed by atoms with Crippen molar-refractivity contribution in [2.75, 3.05) is 45.8 Å². The molecule has 0 bridgehead atoms. The Morgan fingerprint density at radius 1 is 1.15 bits per heavy atom. The smallest absolute Gasteiger partial charge is 0.223 e. The number of piperazine rings is 1. The predicted molar refractivity (Wildman–Crippen MR) is 86.8 cm³/mol. The summed E-state index contributed by atoms with van der Waals surface area (Å²) in [5, 5.41) is 3.27. The number of nitrogens with two attached hydrogens (primary N) is 1. The highest BCUT2D eigenvalue weighted by Gasteiger charge is 2.23. The van der Waals surface area contributed by atoms with Crippen molar-refractivity contribution in [1.82, 2.24) is 15.1 Å². The lowest BCUT2D eigenvalue weighted by Crippen LogP contribution is -2.48. The van der Waals surface area contributed by atoms with Gasteiger partial charge in [-0.05, 0) is 19.4 Å². The summed E-state index contributed by atoms with van der Waals surface area (Å²) in [6, 6.07) is 0.495. The monoisotopic (exact) mass is 326 g/mol. The molecule has 1 amide bonds. The fourth-order valence-electron chi connectivity index (χ4n) is 2.93. The van der Waals surface area contributed by atoms with Gasteiger partial charge >= 0.3 is 0 Å². The van der Waals surface area contributed by atoms with Gasteiger partial charge in [-0.25, -0.2) is 0 Å². The first kappa shape index (κ1) is 19.9. The first-order chi connectivity index (χ1) is 8.81. The standard InChI is InChI=1S/C13H26N4O.2ClH/c14-11-12-3-1-2-7-16(12)8-4-13(18)17-9-5-15-6-10-17;;/h12,15H,1-11,14H2;2*1H. The summed E-state index contributed by atoms with van der Waals surface area (Å²) in [6.45, 7) is 6.29. The fourth-order valence-corrected chi connectivity index (χ4v) is 2.93. The molecule has 2 heterocycles. The highest BCUT2D eigenvalue weighted by molar-refractivity contribution is 5.85. The van der Waals surface area contributed by atoms with E-state index in [1.807, 2.05) is 4.90 Å². The highest BCUT2D eigenvalue weighted by atomic mass is 35.5. The van der Waals surface area contributed by atoms with Gasteiger partial charge in [0.2, 0.25) is 5.91 Å². The van der Waals surface area contributed by atoms with Crippen molar-refractivity contribution >= 4 is 30.7 Å². The van der Waals surface area contributed by atoms with Crippen LogP contribution in [-0.2, 0) is 4.79 Å². The summed E-state index contributed by atoms with van der Waals surface area (Å²) >= 11 is 0. The lowest BCUT2D eigenvalue weighted by Gasteiger charge is -2.35. The minimum atomic E-state index is 0. The van der Waals surface area contributed by atoms with E-state index in [1.54, 1.807) is 0 Å². The third-order valence-electron chi connectivity index (χ3n) is 4.10. The molecule has 0 aromatic heterocycles. The van der Waals surface area contributed by atoms with Crippen LogP contribution in [0.4, 0.5) is 0 Å². The zero-order valence-electron chi connectivity index (χ0n) is 12.1. The largest absolute Gasteiger partial charge is 0.340 e. The summed E-state index contributed by atoms with van der Waals surface area (Å²) in [6.07, 6.45) is 4.37. The van der Waals surface area contributed by atoms with E-state index in [-0.39, 0.29) is 24.8 Å². The van der Waals surface area contributed by atoms with E-state index >= 15 is 0 Å². The SMILES string of the molecule is Cl.Cl.NCC1CCCCN1CCC(=O)N1CCNCC1. The van der Waals surface area contributed by atoms with Gasteiger partial charge in [-0.1, -0.05) is 6.42 Å². The van der Waals surface area contributed by atoms with Crippen molar-refractivity contribution in [3.05, 3.63) is 0 Å².